The molecule has 6 nitrogen and oxygen atoms in total. The molecule has 0 radical (unpaired) electrons. The summed E-state index contributed by atoms with van der Waals surface area (Å²) in [6.45, 7) is 4.88. The molecule has 0 rings (SSSR count). The lowest BCUT2D eigenvalue weighted by atomic mass is 10.1. The predicted octanol–water partition coefficient (Wildman–Crippen LogP) is 0.821. The van der Waals surface area contributed by atoms with Gasteiger partial charge in [0.15, 0.2) is 0 Å². The van der Waals surface area contributed by atoms with E-state index in [0.717, 1.165) is 6.42 Å². The first kappa shape index (κ1) is 15.7. The van der Waals surface area contributed by atoms with Gasteiger partial charge in [-0.25, -0.2) is 9.59 Å². The molecule has 0 aromatic carbocycles. The Labute approximate surface area is 102 Å². The number of hydrogen-bond donors (Lipinski definition) is 3. The predicted molar refractivity (Wildman–Crippen MR) is 63.9 cm³/mol. The van der Waals surface area contributed by atoms with Gasteiger partial charge in [0, 0.05) is 26.7 Å². The van der Waals surface area contributed by atoms with Crippen LogP contribution in [-0.4, -0.2) is 43.4 Å². The fourth-order valence-electron chi connectivity index (χ4n) is 1.11. The first-order valence-electron chi connectivity index (χ1n) is 5.77. The Morgan fingerprint density at radius 3 is 2.53 bits per heavy atom. The second kappa shape index (κ2) is 8.81. The van der Waals surface area contributed by atoms with Gasteiger partial charge in [-0.05, 0) is 5.92 Å². The molecule has 0 bridgehead atoms. The van der Waals surface area contributed by atoms with Gasteiger partial charge in [-0.1, -0.05) is 20.3 Å². The van der Waals surface area contributed by atoms with E-state index < -0.39 is 18.0 Å². The second-order valence-corrected chi connectivity index (χ2v) is 4.04. The van der Waals surface area contributed by atoms with E-state index >= 15 is 0 Å². The van der Waals surface area contributed by atoms with Crippen LogP contribution in [0.25, 0.3) is 0 Å². The van der Waals surface area contributed by atoms with E-state index in [1.165, 1.54) is 7.11 Å². The molecule has 0 fully saturated rings. The lowest BCUT2D eigenvalue weighted by Crippen LogP contribution is -2.47. The maximum atomic E-state index is 11.4. The van der Waals surface area contributed by atoms with Crippen LogP contribution in [0.2, 0.25) is 0 Å². The average Bonchev–Trinajstić information content (AvgIpc) is 2.30. The molecule has 6 heteroatoms. The quantitative estimate of drug-likeness (QED) is 0.591. The van der Waals surface area contributed by atoms with Crippen LogP contribution in [0, 0.1) is 5.92 Å². The monoisotopic (exact) mass is 246 g/mol. The molecular weight excluding hydrogens is 224 g/mol. The smallest absolute Gasteiger partial charge is 0.326 e. The number of carboxylic acids is 1. The standard InChI is InChI=1S/C11H22N2O4/c1-4-8(2)7-12-11(16)13-9(10(14)15)5-6-17-3/h8-9H,4-7H2,1-3H3,(H,14,15)(H2,12,13,16). The SMILES string of the molecule is CCC(C)CNC(=O)NC(CCOC)C(=O)O. The number of methoxy groups -OCH3 is 1. The lowest BCUT2D eigenvalue weighted by molar-refractivity contribution is -0.139. The van der Waals surface area contributed by atoms with Crippen LogP contribution in [-0.2, 0) is 9.53 Å². The Morgan fingerprint density at radius 1 is 1.41 bits per heavy atom. The van der Waals surface area contributed by atoms with Crippen molar-refractivity contribution in [2.45, 2.75) is 32.7 Å². The molecule has 0 spiro atoms. The molecule has 100 valence electrons. The highest BCUT2D eigenvalue weighted by Gasteiger charge is 2.19. The van der Waals surface area contributed by atoms with Crippen molar-refractivity contribution in [3.05, 3.63) is 0 Å². The Kier molecular flexibility index (Phi) is 8.13. The molecule has 0 aromatic heterocycles. The number of carbonyl (C=O) groups excluding carboxylic acids is 1. The highest BCUT2D eigenvalue weighted by atomic mass is 16.5. The minimum absolute atomic E-state index is 0.253. The van der Waals surface area contributed by atoms with Crippen LogP contribution in [0.5, 0.6) is 0 Å². The summed E-state index contributed by atoms with van der Waals surface area (Å²) >= 11 is 0. The Hall–Kier alpha value is -1.30. The minimum atomic E-state index is -1.05. The van der Waals surface area contributed by atoms with Gasteiger partial charge in [-0.2, -0.15) is 0 Å². The van der Waals surface area contributed by atoms with Crippen LogP contribution < -0.4 is 10.6 Å². The molecule has 17 heavy (non-hydrogen) atoms. The summed E-state index contributed by atoms with van der Waals surface area (Å²) in [5.41, 5.74) is 0. The molecule has 0 saturated heterocycles. The van der Waals surface area contributed by atoms with Crippen molar-refractivity contribution >= 4 is 12.0 Å². The van der Waals surface area contributed by atoms with E-state index in [4.69, 9.17) is 9.84 Å². The van der Waals surface area contributed by atoms with E-state index in [9.17, 15) is 9.59 Å². The summed E-state index contributed by atoms with van der Waals surface area (Å²) in [4.78, 5) is 22.3. The minimum Gasteiger partial charge on any atom is -0.480 e. The summed E-state index contributed by atoms with van der Waals surface area (Å²) < 4.78 is 4.78. The highest BCUT2D eigenvalue weighted by Crippen LogP contribution is 1.97. The molecule has 0 saturated carbocycles. The summed E-state index contributed by atoms with van der Waals surface area (Å²) in [5.74, 6) is -0.677. The van der Waals surface area contributed by atoms with Crippen molar-refractivity contribution in [3.8, 4) is 0 Å². The van der Waals surface area contributed by atoms with Gasteiger partial charge in [-0.3, -0.25) is 0 Å². The van der Waals surface area contributed by atoms with Gasteiger partial charge in [0.05, 0.1) is 0 Å². The van der Waals surface area contributed by atoms with Gasteiger partial charge in [0.25, 0.3) is 0 Å². The number of urea groups is 1. The second-order valence-electron chi connectivity index (χ2n) is 4.04. The topological polar surface area (TPSA) is 87.7 Å². The maximum Gasteiger partial charge on any atom is 0.326 e. The Balaban J connectivity index is 3.99. The van der Waals surface area contributed by atoms with Gasteiger partial charge in [0.1, 0.15) is 6.04 Å². The van der Waals surface area contributed by atoms with Crippen LogP contribution >= 0.6 is 0 Å². The van der Waals surface area contributed by atoms with Crippen LogP contribution in [0.3, 0.4) is 0 Å². The zero-order chi connectivity index (χ0) is 13.3. The molecule has 2 unspecified atom stereocenters. The van der Waals surface area contributed by atoms with E-state index in [0.29, 0.717) is 19.1 Å². The average molecular weight is 246 g/mol. The van der Waals surface area contributed by atoms with Crippen molar-refractivity contribution in [1.82, 2.24) is 10.6 Å². The van der Waals surface area contributed by atoms with Crippen LogP contribution in [0.4, 0.5) is 4.79 Å². The zero-order valence-corrected chi connectivity index (χ0v) is 10.7. The van der Waals surface area contributed by atoms with Crippen LogP contribution in [0.15, 0.2) is 0 Å². The molecule has 3 N–H and O–H groups in total. The maximum absolute atomic E-state index is 11.4. The van der Waals surface area contributed by atoms with Crippen LogP contribution in [0.1, 0.15) is 26.7 Å². The summed E-state index contributed by atoms with van der Waals surface area (Å²) in [6.07, 6.45) is 1.22. The summed E-state index contributed by atoms with van der Waals surface area (Å²) in [7, 11) is 1.49. The third kappa shape index (κ3) is 7.57. The number of carboxylic acid groups (broad SMARTS) is 1. The van der Waals surface area contributed by atoms with E-state index in [1.807, 2.05) is 13.8 Å². The normalized spacial score (nSPS) is 13.8. The van der Waals surface area contributed by atoms with E-state index in [2.05, 4.69) is 10.6 Å². The molecular formula is C11H22N2O4. The Bertz CT molecular complexity index is 246. The fourth-order valence-corrected chi connectivity index (χ4v) is 1.11. The van der Waals surface area contributed by atoms with Crippen molar-refractivity contribution in [2.75, 3.05) is 20.3 Å². The van der Waals surface area contributed by atoms with E-state index in [-0.39, 0.29) is 6.42 Å². The van der Waals surface area contributed by atoms with Gasteiger partial charge in [0.2, 0.25) is 0 Å². The van der Waals surface area contributed by atoms with Crippen molar-refractivity contribution in [3.63, 3.8) is 0 Å². The Morgan fingerprint density at radius 2 is 2.06 bits per heavy atom. The number of rotatable bonds is 8. The van der Waals surface area contributed by atoms with Crippen molar-refractivity contribution in [2.24, 2.45) is 5.92 Å². The number of aliphatic carboxylic acids is 1. The molecule has 0 aliphatic rings. The fraction of sp³-hybridized carbons (Fsp3) is 0.818. The van der Waals surface area contributed by atoms with Gasteiger partial charge in [-0.15, -0.1) is 0 Å². The molecule has 0 heterocycles. The van der Waals surface area contributed by atoms with Crippen molar-refractivity contribution < 1.29 is 19.4 Å². The molecule has 2 atom stereocenters. The first-order valence-corrected chi connectivity index (χ1v) is 5.77. The third-order valence-electron chi connectivity index (χ3n) is 2.52. The zero-order valence-electron chi connectivity index (χ0n) is 10.7. The molecule has 0 aliphatic carbocycles. The largest absolute Gasteiger partial charge is 0.480 e. The third-order valence-corrected chi connectivity index (χ3v) is 2.52. The number of amides is 2. The van der Waals surface area contributed by atoms with Gasteiger partial charge < -0.3 is 20.5 Å². The lowest BCUT2D eigenvalue weighted by Gasteiger charge is -2.16. The molecule has 2 amide bonds. The number of hydrogen-bond acceptors (Lipinski definition) is 3. The molecule has 0 aliphatic heterocycles. The van der Waals surface area contributed by atoms with Crippen molar-refractivity contribution in [1.29, 1.82) is 0 Å². The summed E-state index contributed by atoms with van der Waals surface area (Å²) in [5, 5.41) is 13.9. The van der Waals surface area contributed by atoms with E-state index in [1.54, 1.807) is 0 Å². The number of carbonyl (C=O) groups is 2. The highest BCUT2D eigenvalue weighted by molar-refractivity contribution is 5.82. The number of nitrogens with one attached hydrogen (secondary N) is 2. The first-order chi connectivity index (χ1) is 8.01. The van der Waals surface area contributed by atoms with Gasteiger partial charge >= 0.3 is 12.0 Å². The number of ether oxygens (including phenoxy) is 1. The summed E-state index contributed by atoms with van der Waals surface area (Å²) in [6, 6.07) is -1.36. The molecule has 0 aromatic rings.